The molecule has 0 radical (unpaired) electrons. The zero-order chi connectivity index (χ0) is 17.7. The van der Waals surface area contributed by atoms with Crippen LogP contribution in [0.5, 0.6) is 0 Å². The van der Waals surface area contributed by atoms with E-state index in [1.165, 1.54) is 0 Å². The third kappa shape index (κ3) is 4.50. The van der Waals surface area contributed by atoms with Crippen LogP contribution in [0.15, 0.2) is 0 Å². The van der Waals surface area contributed by atoms with E-state index < -0.39 is 0 Å². The molecular weight excluding hydrogens is 328 g/mol. The molecule has 1 aromatic rings. The van der Waals surface area contributed by atoms with E-state index in [1.807, 2.05) is 4.90 Å². The Labute approximate surface area is 148 Å². The van der Waals surface area contributed by atoms with Crippen LogP contribution in [0.4, 0.5) is 0 Å². The molecule has 2 heterocycles. The molecule has 1 fully saturated rings. The van der Waals surface area contributed by atoms with Gasteiger partial charge in [0, 0.05) is 31.2 Å². The molecule has 1 aromatic heterocycles. The number of rotatable bonds is 6. The number of piperidine rings is 1. The Morgan fingerprint density at radius 2 is 1.96 bits per heavy atom. The van der Waals surface area contributed by atoms with Crippen LogP contribution in [0.2, 0.25) is 5.15 Å². The quantitative estimate of drug-likeness (QED) is 0.824. The Bertz CT molecular complexity index is 556. The second-order valence-electron chi connectivity index (χ2n) is 6.53. The maximum atomic E-state index is 12.3. The number of nitrogens with one attached hydrogen (secondary N) is 2. The highest BCUT2D eigenvalue weighted by Gasteiger charge is 2.26. The minimum Gasteiger partial charge on any atom is -0.349 e. The maximum absolute atomic E-state index is 12.3. The van der Waals surface area contributed by atoms with Crippen molar-refractivity contribution in [2.45, 2.75) is 58.9 Å². The third-order valence-corrected chi connectivity index (χ3v) is 5.20. The number of aryl methyl sites for hydroxylation is 1. The first-order chi connectivity index (χ1) is 11.5. The molecule has 0 bridgehead atoms. The summed E-state index contributed by atoms with van der Waals surface area (Å²) < 4.78 is 0. The standard InChI is InChI=1S/C17H27ClN4O2/c1-4-12(5-2)10-14(23)22-8-6-13(7-9-22)19-17(24)15-11(3)20-21-16(15)18/h12-13H,4-10H2,1-3H3,(H,19,24)(H,20,21). The van der Waals surface area contributed by atoms with E-state index in [0.717, 1.165) is 25.7 Å². The summed E-state index contributed by atoms with van der Waals surface area (Å²) in [4.78, 5) is 26.6. The normalized spacial score (nSPS) is 15.8. The first kappa shape index (κ1) is 18.8. The molecule has 0 aromatic carbocycles. The zero-order valence-electron chi connectivity index (χ0n) is 14.7. The van der Waals surface area contributed by atoms with Gasteiger partial charge in [0.15, 0.2) is 5.15 Å². The number of amides is 2. The lowest BCUT2D eigenvalue weighted by atomic mass is 9.97. The van der Waals surface area contributed by atoms with Gasteiger partial charge in [-0.25, -0.2) is 0 Å². The molecule has 0 saturated carbocycles. The Balaban J connectivity index is 1.82. The fourth-order valence-electron chi connectivity index (χ4n) is 3.15. The van der Waals surface area contributed by atoms with Gasteiger partial charge in [0.05, 0.1) is 5.56 Å². The molecule has 0 unspecified atom stereocenters. The van der Waals surface area contributed by atoms with Gasteiger partial charge in [-0.15, -0.1) is 0 Å². The fraction of sp³-hybridized carbons (Fsp3) is 0.706. The topological polar surface area (TPSA) is 78.1 Å². The summed E-state index contributed by atoms with van der Waals surface area (Å²) in [7, 11) is 0. The van der Waals surface area contributed by atoms with Crippen molar-refractivity contribution in [2.24, 2.45) is 5.92 Å². The molecule has 2 rings (SSSR count). The molecule has 1 saturated heterocycles. The molecular formula is C17H27ClN4O2. The molecule has 2 N–H and O–H groups in total. The molecule has 7 heteroatoms. The molecule has 0 spiro atoms. The smallest absolute Gasteiger partial charge is 0.256 e. The average molecular weight is 355 g/mol. The maximum Gasteiger partial charge on any atom is 0.256 e. The summed E-state index contributed by atoms with van der Waals surface area (Å²) >= 11 is 5.94. The van der Waals surface area contributed by atoms with Gasteiger partial charge in [-0.3, -0.25) is 14.7 Å². The van der Waals surface area contributed by atoms with Crippen molar-refractivity contribution in [2.75, 3.05) is 13.1 Å². The first-order valence-corrected chi connectivity index (χ1v) is 9.13. The van der Waals surface area contributed by atoms with E-state index in [4.69, 9.17) is 11.6 Å². The predicted molar refractivity (Wildman–Crippen MR) is 94.1 cm³/mol. The zero-order valence-corrected chi connectivity index (χ0v) is 15.4. The first-order valence-electron chi connectivity index (χ1n) is 8.75. The number of likely N-dealkylation sites (tertiary alicyclic amines) is 1. The summed E-state index contributed by atoms with van der Waals surface area (Å²) in [5.74, 6) is 0.511. The van der Waals surface area contributed by atoms with Crippen LogP contribution in [0.1, 0.15) is 62.0 Å². The molecule has 1 aliphatic rings. The van der Waals surface area contributed by atoms with Crippen LogP contribution in [0.3, 0.4) is 0 Å². The largest absolute Gasteiger partial charge is 0.349 e. The van der Waals surface area contributed by atoms with Crippen LogP contribution in [0, 0.1) is 12.8 Å². The summed E-state index contributed by atoms with van der Waals surface area (Å²) in [6, 6.07) is 0.0695. The summed E-state index contributed by atoms with van der Waals surface area (Å²) in [5, 5.41) is 9.75. The molecule has 134 valence electrons. The molecule has 6 nitrogen and oxygen atoms in total. The van der Waals surface area contributed by atoms with Gasteiger partial charge >= 0.3 is 0 Å². The van der Waals surface area contributed by atoms with E-state index in [1.54, 1.807) is 6.92 Å². The third-order valence-electron chi connectivity index (χ3n) is 4.93. The Morgan fingerprint density at radius 3 is 2.46 bits per heavy atom. The number of aromatic amines is 1. The van der Waals surface area contributed by atoms with Gasteiger partial charge in [-0.05, 0) is 25.7 Å². The van der Waals surface area contributed by atoms with Crippen LogP contribution < -0.4 is 5.32 Å². The van der Waals surface area contributed by atoms with Crippen molar-refractivity contribution >= 4 is 23.4 Å². The lowest BCUT2D eigenvalue weighted by Crippen LogP contribution is -2.46. The van der Waals surface area contributed by atoms with Crippen molar-refractivity contribution in [1.82, 2.24) is 20.4 Å². The van der Waals surface area contributed by atoms with Crippen molar-refractivity contribution in [3.05, 3.63) is 16.4 Å². The van der Waals surface area contributed by atoms with E-state index in [9.17, 15) is 9.59 Å². The van der Waals surface area contributed by atoms with Crippen LogP contribution in [-0.2, 0) is 4.79 Å². The fourth-order valence-corrected chi connectivity index (χ4v) is 3.42. The summed E-state index contributed by atoms with van der Waals surface area (Å²) in [6.07, 6.45) is 4.26. The van der Waals surface area contributed by atoms with Gasteiger partial charge < -0.3 is 10.2 Å². The molecule has 1 aliphatic heterocycles. The Hall–Kier alpha value is -1.56. The van der Waals surface area contributed by atoms with Crippen molar-refractivity contribution in [3.8, 4) is 0 Å². The minimum absolute atomic E-state index is 0.0695. The number of H-pyrrole nitrogens is 1. The van der Waals surface area contributed by atoms with Crippen molar-refractivity contribution in [1.29, 1.82) is 0 Å². The molecule has 0 atom stereocenters. The summed E-state index contributed by atoms with van der Waals surface area (Å²) in [5.41, 5.74) is 1.07. The van der Waals surface area contributed by atoms with E-state index in [-0.39, 0.29) is 23.0 Å². The number of aromatic nitrogens is 2. The van der Waals surface area contributed by atoms with Gasteiger partial charge in [0.1, 0.15) is 0 Å². The van der Waals surface area contributed by atoms with E-state index in [2.05, 4.69) is 29.4 Å². The SMILES string of the molecule is CCC(CC)CC(=O)N1CCC(NC(=O)c2c(Cl)n[nH]c2C)CC1. The molecule has 0 aliphatic carbocycles. The number of carbonyl (C=O) groups excluding carboxylic acids is 2. The predicted octanol–water partition coefficient (Wildman–Crippen LogP) is 2.92. The highest BCUT2D eigenvalue weighted by Crippen LogP contribution is 2.19. The molecule has 2 amide bonds. The highest BCUT2D eigenvalue weighted by molar-refractivity contribution is 6.32. The second kappa shape index (κ2) is 8.51. The summed E-state index contributed by atoms with van der Waals surface area (Å²) in [6.45, 7) is 7.43. The van der Waals surface area contributed by atoms with Crippen LogP contribution >= 0.6 is 11.6 Å². The average Bonchev–Trinajstić information content (AvgIpc) is 2.91. The Morgan fingerprint density at radius 1 is 1.33 bits per heavy atom. The van der Waals surface area contributed by atoms with Crippen molar-refractivity contribution in [3.63, 3.8) is 0 Å². The highest BCUT2D eigenvalue weighted by atomic mass is 35.5. The van der Waals surface area contributed by atoms with Crippen molar-refractivity contribution < 1.29 is 9.59 Å². The lowest BCUT2D eigenvalue weighted by molar-refractivity contribution is -0.133. The van der Waals surface area contributed by atoms with Gasteiger partial charge in [0.2, 0.25) is 5.91 Å². The monoisotopic (exact) mass is 354 g/mol. The lowest BCUT2D eigenvalue weighted by Gasteiger charge is -2.33. The van der Waals surface area contributed by atoms with Gasteiger partial charge in [0.25, 0.3) is 5.91 Å². The van der Waals surface area contributed by atoms with E-state index >= 15 is 0 Å². The van der Waals surface area contributed by atoms with Crippen LogP contribution in [-0.4, -0.2) is 46.0 Å². The second-order valence-corrected chi connectivity index (χ2v) is 6.89. The number of carbonyl (C=O) groups is 2. The Kier molecular flexibility index (Phi) is 6.66. The number of hydrogen-bond acceptors (Lipinski definition) is 3. The van der Waals surface area contributed by atoms with Gasteiger partial charge in [-0.2, -0.15) is 5.10 Å². The van der Waals surface area contributed by atoms with E-state index in [0.29, 0.717) is 36.7 Å². The number of hydrogen-bond donors (Lipinski definition) is 2. The molecule has 24 heavy (non-hydrogen) atoms. The van der Waals surface area contributed by atoms with Crippen LogP contribution in [0.25, 0.3) is 0 Å². The number of halogens is 1. The minimum atomic E-state index is -0.201. The van der Waals surface area contributed by atoms with Gasteiger partial charge in [-0.1, -0.05) is 38.3 Å². The number of nitrogens with zero attached hydrogens (tertiary/aromatic N) is 2.